The number of primary amides is 1. The molecule has 2 aromatic rings. The molecule has 1 unspecified atom stereocenters. The summed E-state index contributed by atoms with van der Waals surface area (Å²) in [7, 11) is 0. The fraction of sp³-hybridized carbons (Fsp3) is 0.143. The maximum atomic E-state index is 11.9. The van der Waals surface area contributed by atoms with E-state index >= 15 is 0 Å². The standard InChI is InChI=1S/C14H14N2O2S/c15-14(18)13(10-5-2-1-3-6-10)16-12(17)9-11-7-4-8-19-11/h1-8,13H,9H2,(H2,15,18)(H,16,17). The fourth-order valence-corrected chi connectivity index (χ4v) is 2.45. The maximum Gasteiger partial charge on any atom is 0.244 e. The molecule has 0 spiro atoms. The van der Waals surface area contributed by atoms with Crippen molar-refractivity contribution in [1.82, 2.24) is 5.32 Å². The van der Waals surface area contributed by atoms with E-state index in [9.17, 15) is 9.59 Å². The number of thiophene rings is 1. The maximum absolute atomic E-state index is 11.9. The molecule has 1 atom stereocenters. The third-order valence-corrected chi connectivity index (χ3v) is 3.51. The van der Waals surface area contributed by atoms with Gasteiger partial charge in [-0.15, -0.1) is 11.3 Å². The van der Waals surface area contributed by atoms with E-state index in [0.29, 0.717) is 5.56 Å². The highest BCUT2D eigenvalue weighted by Crippen LogP contribution is 2.13. The molecular formula is C14H14N2O2S. The number of amides is 2. The van der Waals surface area contributed by atoms with Crippen LogP contribution in [0.15, 0.2) is 47.8 Å². The smallest absolute Gasteiger partial charge is 0.244 e. The minimum Gasteiger partial charge on any atom is -0.368 e. The van der Waals surface area contributed by atoms with Crippen molar-refractivity contribution in [2.75, 3.05) is 0 Å². The number of hydrogen-bond acceptors (Lipinski definition) is 3. The molecule has 3 N–H and O–H groups in total. The molecule has 0 saturated heterocycles. The number of benzene rings is 1. The largest absolute Gasteiger partial charge is 0.368 e. The molecule has 4 nitrogen and oxygen atoms in total. The van der Waals surface area contributed by atoms with E-state index in [4.69, 9.17) is 5.73 Å². The Hall–Kier alpha value is -2.14. The molecule has 5 heteroatoms. The first-order valence-corrected chi connectivity index (χ1v) is 6.71. The predicted molar refractivity (Wildman–Crippen MR) is 74.5 cm³/mol. The zero-order chi connectivity index (χ0) is 13.7. The van der Waals surface area contributed by atoms with Crippen molar-refractivity contribution in [3.8, 4) is 0 Å². The lowest BCUT2D eigenvalue weighted by atomic mass is 10.1. The van der Waals surface area contributed by atoms with Gasteiger partial charge < -0.3 is 11.1 Å². The zero-order valence-corrected chi connectivity index (χ0v) is 11.0. The molecule has 1 aromatic carbocycles. The summed E-state index contributed by atoms with van der Waals surface area (Å²) in [5, 5.41) is 4.57. The Morgan fingerprint density at radius 1 is 1.16 bits per heavy atom. The number of hydrogen-bond donors (Lipinski definition) is 2. The Kier molecular flexibility index (Phi) is 4.30. The van der Waals surface area contributed by atoms with Gasteiger partial charge in [-0.25, -0.2) is 0 Å². The second kappa shape index (κ2) is 6.15. The lowest BCUT2D eigenvalue weighted by Crippen LogP contribution is -2.38. The van der Waals surface area contributed by atoms with E-state index in [1.807, 2.05) is 23.6 Å². The van der Waals surface area contributed by atoms with E-state index in [0.717, 1.165) is 4.88 Å². The first kappa shape index (κ1) is 13.3. The normalized spacial score (nSPS) is 11.8. The summed E-state index contributed by atoms with van der Waals surface area (Å²) in [6, 6.07) is 12.0. The molecule has 0 bridgehead atoms. The van der Waals surface area contributed by atoms with Crippen molar-refractivity contribution in [3.05, 3.63) is 58.3 Å². The van der Waals surface area contributed by atoms with Gasteiger partial charge in [-0.05, 0) is 17.0 Å². The molecule has 19 heavy (non-hydrogen) atoms. The highest BCUT2D eigenvalue weighted by molar-refractivity contribution is 7.10. The van der Waals surface area contributed by atoms with Gasteiger partial charge in [0.15, 0.2) is 0 Å². The van der Waals surface area contributed by atoms with E-state index in [2.05, 4.69) is 5.32 Å². The van der Waals surface area contributed by atoms with Gasteiger partial charge in [-0.3, -0.25) is 9.59 Å². The first-order chi connectivity index (χ1) is 9.16. The Morgan fingerprint density at radius 2 is 1.89 bits per heavy atom. The zero-order valence-electron chi connectivity index (χ0n) is 10.2. The van der Waals surface area contributed by atoms with Crippen molar-refractivity contribution in [1.29, 1.82) is 0 Å². The number of carbonyl (C=O) groups is 2. The van der Waals surface area contributed by atoms with Crippen LogP contribution in [0.25, 0.3) is 0 Å². The van der Waals surface area contributed by atoms with Gasteiger partial charge in [-0.2, -0.15) is 0 Å². The second-order valence-electron chi connectivity index (χ2n) is 4.07. The van der Waals surface area contributed by atoms with Gasteiger partial charge in [-0.1, -0.05) is 36.4 Å². The Morgan fingerprint density at radius 3 is 2.47 bits per heavy atom. The van der Waals surface area contributed by atoms with E-state index < -0.39 is 11.9 Å². The first-order valence-electron chi connectivity index (χ1n) is 5.83. The van der Waals surface area contributed by atoms with Crippen molar-refractivity contribution in [3.63, 3.8) is 0 Å². The van der Waals surface area contributed by atoms with E-state index in [1.54, 1.807) is 24.3 Å². The molecule has 0 aliphatic carbocycles. The molecule has 2 amide bonds. The third-order valence-electron chi connectivity index (χ3n) is 2.64. The van der Waals surface area contributed by atoms with E-state index in [-0.39, 0.29) is 12.3 Å². The highest BCUT2D eigenvalue weighted by atomic mass is 32.1. The minimum atomic E-state index is -0.784. The second-order valence-corrected chi connectivity index (χ2v) is 5.10. The van der Waals surface area contributed by atoms with Crippen molar-refractivity contribution >= 4 is 23.2 Å². The molecule has 0 aliphatic rings. The minimum absolute atomic E-state index is 0.213. The Labute approximate surface area is 115 Å². The molecule has 0 radical (unpaired) electrons. The molecule has 0 fully saturated rings. The van der Waals surface area contributed by atoms with Gasteiger partial charge in [0, 0.05) is 4.88 Å². The molecule has 0 saturated carbocycles. The van der Waals surface area contributed by atoms with Crippen LogP contribution in [0, 0.1) is 0 Å². The van der Waals surface area contributed by atoms with Crippen LogP contribution in [-0.4, -0.2) is 11.8 Å². The molecule has 98 valence electrons. The summed E-state index contributed by atoms with van der Waals surface area (Å²) in [4.78, 5) is 24.3. The number of nitrogens with two attached hydrogens (primary N) is 1. The van der Waals surface area contributed by atoms with Gasteiger partial charge in [0.25, 0.3) is 0 Å². The van der Waals surface area contributed by atoms with E-state index in [1.165, 1.54) is 11.3 Å². The molecule has 2 rings (SSSR count). The molecular weight excluding hydrogens is 260 g/mol. The van der Waals surface area contributed by atoms with Crippen molar-refractivity contribution in [2.24, 2.45) is 5.73 Å². The summed E-state index contributed by atoms with van der Waals surface area (Å²) in [6.07, 6.45) is 0.258. The number of rotatable bonds is 5. The average molecular weight is 274 g/mol. The van der Waals surface area contributed by atoms with Crippen LogP contribution in [0.4, 0.5) is 0 Å². The van der Waals surface area contributed by atoms with Crippen LogP contribution in [0.3, 0.4) is 0 Å². The molecule has 0 aliphatic heterocycles. The summed E-state index contributed by atoms with van der Waals surface area (Å²) in [5.41, 5.74) is 6.03. The van der Waals surface area contributed by atoms with Crippen molar-refractivity contribution in [2.45, 2.75) is 12.5 Å². The van der Waals surface area contributed by atoms with Gasteiger partial charge in [0.05, 0.1) is 6.42 Å². The monoisotopic (exact) mass is 274 g/mol. The topological polar surface area (TPSA) is 72.2 Å². The Bertz CT molecular complexity index is 552. The van der Waals surface area contributed by atoms with Crippen LogP contribution in [0.2, 0.25) is 0 Å². The van der Waals surface area contributed by atoms with Crippen LogP contribution >= 0.6 is 11.3 Å². The van der Waals surface area contributed by atoms with Crippen LogP contribution in [0.1, 0.15) is 16.5 Å². The molecule has 1 heterocycles. The van der Waals surface area contributed by atoms with Crippen LogP contribution in [-0.2, 0) is 16.0 Å². The highest BCUT2D eigenvalue weighted by Gasteiger charge is 2.19. The lowest BCUT2D eigenvalue weighted by molar-refractivity contribution is -0.127. The quantitative estimate of drug-likeness (QED) is 0.870. The van der Waals surface area contributed by atoms with Crippen LogP contribution in [0.5, 0.6) is 0 Å². The van der Waals surface area contributed by atoms with Crippen molar-refractivity contribution < 1.29 is 9.59 Å². The fourth-order valence-electron chi connectivity index (χ4n) is 1.75. The average Bonchev–Trinajstić information content (AvgIpc) is 2.89. The number of nitrogens with one attached hydrogen (secondary N) is 1. The summed E-state index contributed by atoms with van der Waals surface area (Å²) >= 11 is 1.51. The van der Waals surface area contributed by atoms with Gasteiger partial charge in [0.2, 0.25) is 11.8 Å². The predicted octanol–water partition coefficient (Wildman–Crippen LogP) is 1.63. The summed E-state index contributed by atoms with van der Waals surface area (Å²) in [6.45, 7) is 0. The Balaban J connectivity index is 2.05. The third kappa shape index (κ3) is 3.66. The SMILES string of the molecule is NC(=O)C(NC(=O)Cc1cccs1)c1ccccc1. The summed E-state index contributed by atoms with van der Waals surface area (Å²) < 4.78 is 0. The molecule has 1 aromatic heterocycles. The summed E-state index contributed by atoms with van der Waals surface area (Å²) in [5.74, 6) is -0.777. The van der Waals surface area contributed by atoms with Gasteiger partial charge in [0.1, 0.15) is 6.04 Å². The number of carbonyl (C=O) groups excluding carboxylic acids is 2. The van der Waals surface area contributed by atoms with Crippen LogP contribution < -0.4 is 11.1 Å². The lowest BCUT2D eigenvalue weighted by Gasteiger charge is -2.15. The van der Waals surface area contributed by atoms with Gasteiger partial charge >= 0.3 is 0 Å².